The van der Waals surface area contributed by atoms with Gasteiger partial charge in [-0.1, -0.05) is 0 Å². The van der Waals surface area contributed by atoms with E-state index in [0.717, 1.165) is 31.9 Å². The lowest BCUT2D eigenvalue weighted by Crippen LogP contribution is -2.49. The SMILES string of the molecule is Cc1csc(NC(=O)CN(C)CC(=O)N2CCNCC2)n1. The van der Waals surface area contributed by atoms with E-state index in [4.69, 9.17) is 0 Å². The Bertz CT molecular complexity index is 499. The topological polar surface area (TPSA) is 77.6 Å². The fourth-order valence-electron chi connectivity index (χ4n) is 2.12. The van der Waals surface area contributed by atoms with E-state index in [1.807, 2.05) is 17.2 Å². The van der Waals surface area contributed by atoms with E-state index in [9.17, 15) is 9.59 Å². The number of anilines is 1. The largest absolute Gasteiger partial charge is 0.339 e. The van der Waals surface area contributed by atoms with Crippen LogP contribution in [-0.2, 0) is 9.59 Å². The number of nitrogens with zero attached hydrogens (tertiary/aromatic N) is 3. The van der Waals surface area contributed by atoms with Gasteiger partial charge in [0.1, 0.15) is 0 Å². The highest BCUT2D eigenvalue weighted by Gasteiger charge is 2.18. The maximum absolute atomic E-state index is 12.1. The molecule has 0 aliphatic carbocycles. The lowest BCUT2D eigenvalue weighted by molar-refractivity contribution is -0.133. The third-order valence-corrected chi connectivity index (χ3v) is 4.03. The molecule has 2 heterocycles. The van der Waals surface area contributed by atoms with E-state index >= 15 is 0 Å². The summed E-state index contributed by atoms with van der Waals surface area (Å²) in [5, 5.41) is 8.42. The molecule has 0 saturated carbocycles. The lowest BCUT2D eigenvalue weighted by atomic mass is 10.3. The van der Waals surface area contributed by atoms with Gasteiger partial charge in [-0.2, -0.15) is 0 Å². The highest BCUT2D eigenvalue weighted by atomic mass is 32.1. The molecule has 1 aliphatic heterocycles. The first-order valence-corrected chi connectivity index (χ1v) is 7.81. The fourth-order valence-corrected chi connectivity index (χ4v) is 2.82. The van der Waals surface area contributed by atoms with Crippen LogP contribution in [-0.4, -0.2) is 72.9 Å². The predicted molar refractivity (Wildman–Crippen MR) is 82.4 cm³/mol. The Morgan fingerprint density at radius 1 is 1.43 bits per heavy atom. The molecule has 7 nitrogen and oxygen atoms in total. The van der Waals surface area contributed by atoms with Gasteiger partial charge in [-0.15, -0.1) is 11.3 Å². The Labute approximate surface area is 128 Å². The molecule has 0 bridgehead atoms. The van der Waals surface area contributed by atoms with Crippen molar-refractivity contribution in [2.24, 2.45) is 0 Å². The molecule has 2 rings (SSSR count). The number of aryl methyl sites for hydroxylation is 1. The first kappa shape index (κ1) is 15.9. The number of amides is 2. The smallest absolute Gasteiger partial charge is 0.240 e. The Balaban J connectivity index is 1.74. The standard InChI is InChI=1S/C13H21N5O2S/c1-10-9-21-13(15-10)16-11(19)7-17(2)8-12(20)18-5-3-14-4-6-18/h9,14H,3-8H2,1-2H3,(H,15,16,19). The Morgan fingerprint density at radius 2 is 2.14 bits per heavy atom. The van der Waals surface area contributed by atoms with Crippen molar-refractivity contribution in [1.82, 2.24) is 20.1 Å². The molecule has 1 saturated heterocycles. The van der Waals surface area contributed by atoms with Gasteiger partial charge >= 0.3 is 0 Å². The first-order chi connectivity index (χ1) is 10.0. The van der Waals surface area contributed by atoms with Gasteiger partial charge in [0.15, 0.2) is 5.13 Å². The van der Waals surface area contributed by atoms with Crippen molar-refractivity contribution in [1.29, 1.82) is 0 Å². The van der Waals surface area contributed by atoms with Gasteiger partial charge in [0, 0.05) is 31.6 Å². The van der Waals surface area contributed by atoms with Crippen molar-refractivity contribution in [3.05, 3.63) is 11.1 Å². The van der Waals surface area contributed by atoms with E-state index < -0.39 is 0 Å². The van der Waals surface area contributed by atoms with Gasteiger partial charge < -0.3 is 15.5 Å². The van der Waals surface area contributed by atoms with E-state index in [0.29, 0.717) is 5.13 Å². The number of nitrogens with one attached hydrogen (secondary N) is 2. The molecule has 116 valence electrons. The molecule has 8 heteroatoms. The van der Waals surface area contributed by atoms with Gasteiger partial charge in [0.25, 0.3) is 0 Å². The first-order valence-electron chi connectivity index (χ1n) is 6.93. The molecule has 21 heavy (non-hydrogen) atoms. The summed E-state index contributed by atoms with van der Waals surface area (Å²) in [6, 6.07) is 0. The quantitative estimate of drug-likeness (QED) is 0.784. The van der Waals surface area contributed by atoms with E-state index in [-0.39, 0.29) is 24.9 Å². The number of likely N-dealkylation sites (N-methyl/N-ethyl adjacent to an activating group) is 1. The number of piperazine rings is 1. The summed E-state index contributed by atoms with van der Waals surface area (Å²) in [5.41, 5.74) is 0.887. The van der Waals surface area contributed by atoms with Crippen LogP contribution in [0.5, 0.6) is 0 Å². The van der Waals surface area contributed by atoms with Gasteiger partial charge in [0.2, 0.25) is 11.8 Å². The van der Waals surface area contributed by atoms with Crippen molar-refractivity contribution >= 4 is 28.3 Å². The van der Waals surface area contributed by atoms with Crippen LogP contribution in [0.3, 0.4) is 0 Å². The minimum Gasteiger partial charge on any atom is -0.339 e. The van der Waals surface area contributed by atoms with Crippen LogP contribution in [0.15, 0.2) is 5.38 Å². The number of aromatic nitrogens is 1. The Hall–Kier alpha value is -1.51. The number of thiazole rings is 1. The summed E-state index contributed by atoms with van der Waals surface area (Å²) >= 11 is 1.40. The summed E-state index contributed by atoms with van der Waals surface area (Å²) in [4.78, 5) is 31.7. The second-order valence-electron chi connectivity index (χ2n) is 5.15. The van der Waals surface area contributed by atoms with Crippen molar-refractivity contribution in [2.75, 3.05) is 51.6 Å². The summed E-state index contributed by atoms with van der Waals surface area (Å²) < 4.78 is 0. The zero-order chi connectivity index (χ0) is 15.2. The molecule has 0 unspecified atom stereocenters. The third kappa shape index (κ3) is 5.07. The number of hydrogen-bond donors (Lipinski definition) is 2. The summed E-state index contributed by atoms with van der Waals surface area (Å²) in [5.74, 6) is -0.0862. The summed E-state index contributed by atoms with van der Waals surface area (Å²) in [6.07, 6.45) is 0. The maximum Gasteiger partial charge on any atom is 0.240 e. The molecule has 2 N–H and O–H groups in total. The molecule has 1 aromatic rings. The molecule has 1 aliphatic rings. The summed E-state index contributed by atoms with van der Waals surface area (Å²) in [7, 11) is 1.77. The van der Waals surface area contributed by atoms with Gasteiger partial charge in [-0.05, 0) is 14.0 Å². The molecule has 0 radical (unpaired) electrons. The van der Waals surface area contributed by atoms with Gasteiger partial charge in [-0.3, -0.25) is 14.5 Å². The van der Waals surface area contributed by atoms with Crippen LogP contribution < -0.4 is 10.6 Å². The summed E-state index contributed by atoms with van der Waals surface area (Å²) in [6.45, 7) is 5.44. The van der Waals surface area contributed by atoms with Gasteiger partial charge in [-0.25, -0.2) is 4.98 Å². The lowest BCUT2D eigenvalue weighted by Gasteiger charge is -2.29. The van der Waals surface area contributed by atoms with Crippen LogP contribution in [0.25, 0.3) is 0 Å². The van der Waals surface area contributed by atoms with Crippen molar-refractivity contribution < 1.29 is 9.59 Å². The number of carbonyl (C=O) groups excluding carboxylic acids is 2. The zero-order valence-corrected chi connectivity index (χ0v) is 13.2. The molecule has 0 spiro atoms. The van der Waals surface area contributed by atoms with Crippen molar-refractivity contribution in [3.63, 3.8) is 0 Å². The molecule has 2 amide bonds. The molecule has 1 aromatic heterocycles. The monoisotopic (exact) mass is 311 g/mol. The maximum atomic E-state index is 12.1. The minimum atomic E-state index is -0.153. The third-order valence-electron chi connectivity index (χ3n) is 3.15. The molecular formula is C13H21N5O2S. The number of carbonyl (C=O) groups is 2. The molecular weight excluding hydrogens is 290 g/mol. The van der Waals surface area contributed by atoms with Crippen LogP contribution >= 0.6 is 11.3 Å². The highest BCUT2D eigenvalue weighted by molar-refractivity contribution is 7.13. The second kappa shape index (κ2) is 7.48. The molecule has 0 aromatic carbocycles. The Morgan fingerprint density at radius 3 is 2.76 bits per heavy atom. The second-order valence-corrected chi connectivity index (χ2v) is 6.00. The van der Waals surface area contributed by atoms with Crippen LogP contribution in [0.2, 0.25) is 0 Å². The van der Waals surface area contributed by atoms with E-state index in [1.165, 1.54) is 11.3 Å². The average Bonchev–Trinajstić information content (AvgIpc) is 2.84. The molecule has 0 atom stereocenters. The zero-order valence-electron chi connectivity index (χ0n) is 12.4. The van der Waals surface area contributed by atoms with E-state index in [2.05, 4.69) is 15.6 Å². The van der Waals surface area contributed by atoms with Crippen LogP contribution in [0.4, 0.5) is 5.13 Å². The van der Waals surface area contributed by atoms with Crippen molar-refractivity contribution in [3.8, 4) is 0 Å². The van der Waals surface area contributed by atoms with E-state index in [1.54, 1.807) is 11.9 Å². The van der Waals surface area contributed by atoms with Crippen LogP contribution in [0, 0.1) is 6.92 Å². The minimum absolute atomic E-state index is 0.0666. The predicted octanol–water partition coefficient (Wildman–Crippen LogP) is -0.246. The fraction of sp³-hybridized carbons (Fsp3) is 0.615. The highest BCUT2D eigenvalue weighted by Crippen LogP contribution is 2.13. The number of rotatable bonds is 5. The van der Waals surface area contributed by atoms with Crippen molar-refractivity contribution in [2.45, 2.75) is 6.92 Å². The average molecular weight is 311 g/mol. The molecule has 1 fully saturated rings. The normalized spacial score (nSPS) is 15.3. The van der Waals surface area contributed by atoms with Crippen LogP contribution in [0.1, 0.15) is 5.69 Å². The number of hydrogen-bond acceptors (Lipinski definition) is 6. The van der Waals surface area contributed by atoms with Gasteiger partial charge in [0.05, 0.1) is 18.8 Å². The Kier molecular flexibility index (Phi) is 5.66.